The zero-order chi connectivity index (χ0) is 17.8. The number of anilines is 1. The molecule has 2 heterocycles. The minimum absolute atomic E-state index is 0.0915. The lowest BCUT2D eigenvalue weighted by molar-refractivity contribution is 0.251. The van der Waals surface area contributed by atoms with Crippen molar-refractivity contribution < 1.29 is 9.90 Å². The minimum atomic E-state index is -0.490. The molecule has 0 aliphatic heterocycles. The van der Waals surface area contributed by atoms with E-state index in [2.05, 4.69) is 39.0 Å². The molecule has 3 rings (SSSR count). The Morgan fingerprint density at radius 3 is 2.72 bits per heavy atom. The number of benzene rings is 1. The molecule has 0 atom stereocenters. The third-order valence-electron chi connectivity index (χ3n) is 3.31. The summed E-state index contributed by atoms with van der Waals surface area (Å²) in [5, 5.41) is 11.9. The van der Waals surface area contributed by atoms with Crippen LogP contribution < -0.4 is 9.62 Å². The van der Waals surface area contributed by atoms with Crippen LogP contribution in [0.5, 0.6) is 5.75 Å². The molecule has 3 aromatic rings. The van der Waals surface area contributed by atoms with Crippen molar-refractivity contribution in [2.75, 3.05) is 10.8 Å². The fourth-order valence-corrected chi connectivity index (χ4v) is 2.26. The number of terminal acetylenes is 1. The summed E-state index contributed by atoms with van der Waals surface area (Å²) in [5.74, 6) is 2.77. The molecule has 0 bridgehead atoms. The highest BCUT2D eigenvalue weighted by molar-refractivity contribution is 7.82. The lowest BCUT2D eigenvalue weighted by Gasteiger charge is -2.14. The maximum absolute atomic E-state index is 11.9. The standard InChI is InChI=1S/C17H13N5O2S/c1-2-9-18-17(24)22(25)15-8-7-13-16(21-15)20-14(10-19-13)11-3-5-12(23)6-4-11/h1,3-8,10,23,25H,9H2,(H,18,24). The number of phenols is 1. The molecule has 8 heteroatoms. The molecule has 1 aromatic carbocycles. The zero-order valence-corrected chi connectivity index (χ0v) is 13.8. The number of pyridine rings is 1. The summed E-state index contributed by atoms with van der Waals surface area (Å²) >= 11 is 4.13. The Kier molecular flexibility index (Phi) is 4.68. The van der Waals surface area contributed by atoms with E-state index in [9.17, 15) is 9.90 Å². The van der Waals surface area contributed by atoms with E-state index in [1.807, 2.05) is 0 Å². The summed E-state index contributed by atoms with van der Waals surface area (Å²) in [6, 6.07) is 9.41. The van der Waals surface area contributed by atoms with Gasteiger partial charge in [0.1, 0.15) is 17.1 Å². The molecule has 0 fully saturated rings. The van der Waals surface area contributed by atoms with Crippen LogP contribution in [-0.4, -0.2) is 32.6 Å². The average Bonchev–Trinajstić information content (AvgIpc) is 2.65. The van der Waals surface area contributed by atoms with Crippen molar-refractivity contribution in [1.82, 2.24) is 20.3 Å². The molecule has 124 valence electrons. The van der Waals surface area contributed by atoms with Crippen LogP contribution in [0.15, 0.2) is 42.6 Å². The second kappa shape index (κ2) is 7.07. The van der Waals surface area contributed by atoms with Crippen LogP contribution in [0.1, 0.15) is 0 Å². The van der Waals surface area contributed by atoms with Gasteiger partial charge in [0.25, 0.3) is 0 Å². The number of carbonyl (C=O) groups excluding carboxylic acids is 1. The van der Waals surface area contributed by atoms with Crippen molar-refractivity contribution in [3.8, 4) is 29.4 Å². The van der Waals surface area contributed by atoms with Crippen molar-refractivity contribution in [2.45, 2.75) is 0 Å². The highest BCUT2D eigenvalue weighted by Crippen LogP contribution is 2.22. The highest BCUT2D eigenvalue weighted by atomic mass is 32.1. The number of fused-ring (bicyclic) bond motifs is 1. The monoisotopic (exact) mass is 351 g/mol. The third kappa shape index (κ3) is 3.62. The summed E-state index contributed by atoms with van der Waals surface area (Å²) in [4.78, 5) is 25.0. The number of nitrogens with zero attached hydrogens (tertiary/aromatic N) is 4. The number of nitrogens with one attached hydrogen (secondary N) is 1. The Hall–Kier alpha value is -3.31. The number of rotatable bonds is 3. The van der Waals surface area contributed by atoms with E-state index >= 15 is 0 Å². The summed E-state index contributed by atoms with van der Waals surface area (Å²) in [6.45, 7) is 0.0915. The van der Waals surface area contributed by atoms with E-state index in [4.69, 9.17) is 6.42 Å². The predicted octanol–water partition coefficient (Wildman–Crippen LogP) is 2.39. The van der Waals surface area contributed by atoms with E-state index < -0.39 is 6.03 Å². The largest absolute Gasteiger partial charge is 0.508 e. The van der Waals surface area contributed by atoms with Gasteiger partial charge in [0.2, 0.25) is 0 Å². The van der Waals surface area contributed by atoms with E-state index in [0.29, 0.717) is 22.7 Å². The SMILES string of the molecule is C#CCNC(=O)N(S)c1ccc2ncc(-c3ccc(O)cc3)nc2n1. The van der Waals surface area contributed by atoms with Crippen molar-refractivity contribution in [1.29, 1.82) is 0 Å². The summed E-state index contributed by atoms with van der Waals surface area (Å²) in [5.41, 5.74) is 2.33. The van der Waals surface area contributed by atoms with Crippen LogP contribution in [0.25, 0.3) is 22.4 Å². The van der Waals surface area contributed by atoms with Gasteiger partial charge in [-0.05, 0) is 36.4 Å². The maximum atomic E-state index is 11.9. The van der Waals surface area contributed by atoms with Crippen LogP contribution in [-0.2, 0) is 0 Å². The molecule has 0 saturated carbocycles. The normalized spacial score (nSPS) is 10.2. The number of hydrogen-bond acceptors (Lipinski definition) is 6. The molecule has 25 heavy (non-hydrogen) atoms. The predicted molar refractivity (Wildman–Crippen MR) is 98.1 cm³/mol. The van der Waals surface area contributed by atoms with Crippen molar-refractivity contribution in [3.05, 3.63) is 42.6 Å². The van der Waals surface area contributed by atoms with Gasteiger partial charge >= 0.3 is 6.03 Å². The highest BCUT2D eigenvalue weighted by Gasteiger charge is 2.14. The number of carbonyl (C=O) groups is 1. The number of phenolic OH excluding ortho intramolecular Hbond substituents is 1. The Morgan fingerprint density at radius 2 is 2.00 bits per heavy atom. The van der Waals surface area contributed by atoms with Crippen LogP contribution in [0.3, 0.4) is 0 Å². The number of aromatic hydroxyl groups is 1. The Balaban J connectivity index is 1.94. The van der Waals surface area contributed by atoms with E-state index in [0.717, 1.165) is 9.87 Å². The maximum Gasteiger partial charge on any atom is 0.333 e. The minimum Gasteiger partial charge on any atom is -0.508 e. The quantitative estimate of drug-likeness (QED) is 0.498. The Labute approximate surface area is 149 Å². The van der Waals surface area contributed by atoms with E-state index in [1.165, 1.54) is 0 Å². The van der Waals surface area contributed by atoms with Gasteiger partial charge in [-0.25, -0.2) is 19.1 Å². The molecule has 2 aromatic heterocycles. The molecule has 7 nitrogen and oxygen atoms in total. The van der Waals surface area contributed by atoms with Gasteiger partial charge in [0.05, 0.1) is 18.4 Å². The van der Waals surface area contributed by atoms with Crippen LogP contribution in [0, 0.1) is 12.3 Å². The van der Waals surface area contributed by atoms with Gasteiger partial charge in [0.15, 0.2) is 5.65 Å². The van der Waals surface area contributed by atoms with Crippen LogP contribution in [0.4, 0.5) is 10.6 Å². The average molecular weight is 351 g/mol. The van der Waals surface area contributed by atoms with E-state index in [1.54, 1.807) is 42.6 Å². The van der Waals surface area contributed by atoms with Crippen LogP contribution in [0.2, 0.25) is 0 Å². The first kappa shape index (κ1) is 16.5. The number of thiol groups is 1. The Morgan fingerprint density at radius 1 is 1.24 bits per heavy atom. The Bertz CT molecular complexity index is 969. The fraction of sp³-hybridized carbons (Fsp3) is 0.0588. The van der Waals surface area contributed by atoms with Crippen molar-refractivity contribution in [3.63, 3.8) is 0 Å². The molecule has 2 N–H and O–H groups in total. The van der Waals surface area contributed by atoms with Gasteiger partial charge in [-0.15, -0.1) is 6.42 Å². The molecule has 2 amide bonds. The fourth-order valence-electron chi connectivity index (χ4n) is 2.08. The molecule has 0 radical (unpaired) electrons. The molecule has 0 unspecified atom stereocenters. The second-order valence-corrected chi connectivity index (χ2v) is 5.39. The molecule has 0 aliphatic carbocycles. The van der Waals surface area contributed by atoms with Gasteiger partial charge in [-0.2, -0.15) is 0 Å². The van der Waals surface area contributed by atoms with Gasteiger partial charge in [-0.3, -0.25) is 4.98 Å². The second-order valence-electron chi connectivity index (χ2n) is 4.99. The first-order chi connectivity index (χ1) is 12.1. The molecular formula is C17H13N5O2S. The molecule has 0 spiro atoms. The van der Waals surface area contributed by atoms with E-state index in [-0.39, 0.29) is 12.3 Å². The topological polar surface area (TPSA) is 91.2 Å². The molecular weight excluding hydrogens is 338 g/mol. The van der Waals surface area contributed by atoms with Crippen molar-refractivity contribution in [2.24, 2.45) is 0 Å². The molecule has 0 aliphatic rings. The first-order valence-corrected chi connectivity index (χ1v) is 7.62. The van der Waals surface area contributed by atoms with Gasteiger partial charge in [0, 0.05) is 5.56 Å². The number of aromatic nitrogens is 3. The lowest BCUT2D eigenvalue weighted by atomic mass is 10.1. The third-order valence-corrected chi connectivity index (χ3v) is 3.69. The van der Waals surface area contributed by atoms with Gasteiger partial charge in [-0.1, -0.05) is 18.7 Å². The molecule has 0 saturated heterocycles. The zero-order valence-electron chi connectivity index (χ0n) is 12.9. The lowest BCUT2D eigenvalue weighted by Crippen LogP contribution is -2.34. The van der Waals surface area contributed by atoms with Crippen LogP contribution >= 0.6 is 12.8 Å². The van der Waals surface area contributed by atoms with Crippen molar-refractivity contribution >= 4 is 35.8 Å². The number of urea groups is 1. The summed E-state index contributed by atoms with van der Waals surface area (Å²) in [6.07, 6.45) is 6.73. The number of amides is 2. The summed E-state index contributed by atoms with van der Waals surface area (Å²) in [7, 11) is 0. The summed E-state index contributed by atoms with van der Waals surface area (Å²) < 4.78 is 1.05. The number of hydrogen-bond donors (Lipinski definition) is 3. The smallest absolute Gasteiger partial charge is 0.333 e. The van der Waals surface area contributed by atoms with Gasteiger partial charge < -0.3 is 10.4 Å². The first-order valence-electron chi connectivity index (χ1n) is 7.22.